The molecule has 2 rings (SSSR count). The van der Waals surface area contributed by atoms with Gasteiger partial charge in [-0.1, -0.05) is 17.8 Å². The first-order chi connectivity index (χ1) is 12.7. The zero-order valence-corrected chi connectivity index (χ0v) is 14.5. The average Bonchev–Trinajstić information content (AvgIpc) is 2.57. The molecular formula is C17H14F5NO3S. The maximum absolute atomic E-state index is 14.1. The van der Waals surface area contributed by atoms with Gasteiger partial charge < -0.3 is 9.84 Å². The van der Waals surface area contributed by atoms with Crippen molar-refractivity contribution in [1.82, 2.24) is 4.98 Å². The maximum Gasteiger partial charge on any atom is 0.398 e. The number of aromatic nitrogens is 1. The van der Waals surface area contributed by atoms with Crippen LogP contribution in [0.5, 0.6) is 5.75 Å². The number of alkyl halides is 3. The first-order valence-corrected chi connectivity index (χ1v) is 8.60. The van der Waals surface area contributed by atoms with Crippen molar-refractivity contribution < 1.29 is 36.6 Å². The van der Waals surface area contributed by atoms with Gasteiger partial charge in [0.1, 0.15) is 11.6 Å². The molecule has 0 amide bonds. The zero-order chi connectivity index (χ0) is 20.0. The Morgan fingerprint density at radius 1 is 1.22 bits per heavy atom. The number of aliphatic carboxylic acids is 1. The average molecular weight is 407 g/mol. The van der Waals surface area contributed by atoms with Gasteiger partial charge in [-0.25, -0.2) is 13.8 Å². The fourth-order valence-electron chi connectivity index (χ4n) is 2.11. The van der Waals surface area contributed by atoms with Crippen LogP contribution in [0.25, 0.3) is 0 Å². The van der Waals surface area contributed by atoms with Crippen molar-refractivity contribution in [2.45, 2.75) is 30.7 Å². The van der Waals surface area contributed by atoms with E-state index in [-0.39, 0.29) is 35.6 Å². The third kappa shape index (κ3) is 6.70. The van der Waals surface area contributed by atoms with Gasteiger partial charge in [0.05, 0.1) is 5.75 Å². The summed E-state index contributed by atoms with van der Waals surface area (Å²) in [7, 11) is 0. The van der Waals surface area contributed by atoms with Crippen molar-refractivity contribution in [2.75, 3.05) is 5.75 Å². The molecule has 1 N–H and O–H groups in total. The lowest BCUT2D eigenvalue weighted by molar-refractivity contribution is -0.137. The SMILES string of the molecule is O=C(O)CCc1cc(F)c(OCc2cccnc2SCC(F)(F)F)c(F)c1. The molecule has 10 heteroatoms. The summed E-state index contributed by atoms with van der Waals surface area (Å²) in [5.41, 5.74) is 0.406. The number of hydrogen-bond acceptors (Lipinski definition) is 4. The van der Waals surface area contributed by atoms with E-state index >= 15 is 0 Å². The van der Waals surface area contributed by atoms with Crippen LogP contribution >= 0.6 is 11.8 Å². The van der Waals surface area contributed by atoms with E-state index < -0.39 is 35.3 Å². The molecule has 0 saturated carbocycles. The fraction of sp³-hybridized carbons (Fsp3) is 0.294. The molecule has 0 fully saturated rings. The van der Waals surface area contributed by atoms with Crippen molar-refractivity contribution >= 4 is 17.7 Å². The lowest BCUT2D eigenvalue weighted by Crippen LogP contribution is -2.11. The minimum Gasteiger partial charge on any atom is -0.483 e. The Labute approximate surface area is 155 Å². The second kappa shape index (κ2) is 9.03. The lowest BCUT2D eigenvalue weighted by atomic mass is 10.1. The molecule has 0 aliphatic carbocycles. The van der Waals surface area contributed by atoms with Crippen LogP contribution in [0.15, 0.2) is 35.5 Å². The largest absolute Gasteiger partial charge is 0.483 e. The Hall–Kier alpha value is -2.36. The van der Waals surface area contributed by atoms with Gasteiger partial charge in [0.25, 0.3) is 0 Å². The van der Waals surface area contributed by atoms with Crippen LogP contribution in [0.2, 0.25) is 0 Å². The zero-order valence-electron chi connectivity index (χ0n) is 13.7. The smallest absolute Gasteiger partial charge is 0.398 e. The van der Waals surface area contributed by atoms with E-state index in [9.17, 15) is 26.7 Å². The van der Waals surface area contributed by atoms with Crippen molar-refractivity contribution in [3.8, 4) is 5.75 Å². The maximum atomic E-state index is 14.1. The van der Waals surface area contributed by atoms with Gasteiger partial charge in [0.15, 0.2) is 17.4 Å². The first kappa shape index (κ1) is 20.9. The van der Waals surface area contributed by atoms with Crippen LogP contribution in [0.3, 0.4) is 0 Å². The Bertz CT molecular complexity index is 790. The predicted octanol–water partition coefficient (Wildman–Crippen LogP) is 4.61. The van der Waals surface area contributed by atoms with E-state index in [2.05, 4.69) is 4.98 Å². The van der Waals surface area contributed by atoms with E-state index in [1.807, 2.05) is 0 Å². The van der Waals surface area contributed by atoms with Crippen LogP contribution in [0.4, 0.5) is 22.0 Å². The highest BCUT2D eigenvalue weighted by atomic mass is 32.2. The molecule has 4 nitrogen and oxygen atoms in total. The van der Waals surface area contributed by atoms with Crippen LogP contribution < -0.4 is 4.74 Å². The van der Waals surface area contributed by atoms with Crippen LogP contribution in [0.1, 0.15) is 17.5 Å². The molecule has 27 heavy (non-hydrogen) atoms. The number of carboxylic acid groups (broad SMARTS) is 1. The summed E-state index contributed by atoms with van der Waals surface area (Å²) in [5.74, 6) is -4.99. The Kier molecular flexibility index (Phi) is 7.00. The quantitative estimate of drug-likeness (QED) is 0.512. The van der Waals surface area contributed by atoms with Crippen LogP contribution in [-0.2, 0) is 17.8 Å². The Morgan fingerprint density at radius 3 is 2.48 bits per heavy atom. The minimum absolute atomic E-state index is 0.0497. The highest BCUT2D eigenvalue weighted by Crippen LogP contribution is 2.30. The molecule has 1 aromatic heterocycles. The summed E-state index contributed by atoms with van der Waals surface area (Å²) in [6.07, 6.45) is -3.41. The molecule has 0 atom stereocenters. The van der Waals surface area contributed by atoms with Gasteiger partial charge in [0, 0.05) is 18.2 Å². The molecule has 0 spiro atoms. The van der Waals surface area contributed by atoms with E-state index in [4.69, 9.17) is 9.84 Å². The number of aryl methyl sites for hydroxylation is 1. The second-order valence-corrected chi connectivity index (χ2v) is 6.41. The fourth-order valence-corrected chi connectivity index (χ4v) is 2.86. The van der Waals surface area contributed by atoms with Gasteiger partial charge in [0.2, 0.25) is 0 Å². The van der Waals surface area contributed by atoms with E-state index in [0.717, 1.165) is 12.1 Å². The molecule has 1 heterocycles. The summed E-state index contributed by atoms with van der Waals surface area (Å²) >= 11 is 0.450. The third-order valence-electron chi connectivity index (χ3n) is 3.28. The van der Waals surface area contributed by atoms with Gasteiger partial charge in [-0.3, -0.25) is 4.79 Å². The number of carboxylic acids is 1. The molecule has 0 bridgehead atoms. The number of halogens is 5. The van der Waals surface area contributed by atoms with Crippen molar-refractivity contribution in [2.24, 2.45) is 0 Å². The highest BCUT2D eigenvalue weighted by Gasteiger charge is 2.28. The summed E-state index contributed by atoms with van der Waals surface area (Å²) in [6.45, 7) is -0.379. The van der Waals surface area contributed by atoms with E-state index in [0.29, 0.717) is 11.8 Å². The summed E-state index contributed by atoms with van der Waals surface area (Å²) in [6, 6.07) is 4.84. The number of carbonyl (C=O) groups is 1. The molecule has 1 aromatic carbocycles. The number of benzene rings is 1. The molecule has 0 aliphatic heterocycles. The van der Waals surface area contributed by atoms with Gasteiger partial charge in [-0.05, 0) is 30.2 Å². The highest BCUT2D eigenvalue weighted by molar-refractivity contribution is 7.99. The predicted molar refractivity (Wildman–Crippen MR) is 87.7 cm³/mol. The topological polar surface area (TPSA) is 59.4 Å². The van der Waals surface area contributed by atoms with Crippen molar-refractivity contribution in [3.63, 3.8) is 0 Å². The Morgan fingerprint density at radius 2 is 1.89 bits per heavy atom. The number of ether oxygens (including phenoxy) is 1. The molecule has 0 radical (unpaired) electrons. The standard InChI is InChI=1S/C17H14F5NO3S/c18-12-6-10(3-4-14(24)25)7-13(19)15(12)26-8-11-2-1-5-23-16(11)27-9-17(20,21)22/h1-2,5-7H,3-4,8-9H2,(H,24,25). The van der Waals surface area contributed by atoms with Gasteiger partial charge >= 0.3 is 12.1 Å². The van der Waals surface area contributed by atoms with E-state index in [1.54, 1.807) is 0 Å². The molecule has 0 saturated heterocycles. The summed E-state index contributed by atoms with van der Waals surface area (Å²) in [5, 5.41) is 8.66. The van der Waals surface area contributed by atoms with Crippen LogP contribution in [0, 0.1) is 11.6 Å². The van der Waals surface area contributed by atoms with Gasteiger partial charge in [-0.2, -0.15) is 13.2 Å². The molecular weight excluding hydrogens is 393 g/mol. The van der Waals surface area contributed by atoms with Crippen LogP contribution in [-0.4, -0.2) is 28.0 Å². The van der Waals surface area contributed by atoms with Crippen molar-refractivity contribution in [1.29, 1.82) is 0 Å². The Balaban J connectivity index is 2.09. The second-order valence-electron chi connectivity index (χ2n) is 5.44. The molecule has 146 valence electrons. The van der Waals surface area contributed by atoms with Crippen molar-refractivity contribution in [3.05, 3.63) is 53.2 Å². The summed E-state index contributed by atoms with van der Waals surface area (Å²) < 4.78 is 70.3. The minimum atomic E-state index is -4.38. The van der Waals surface area contributed by atoms with E-state index in [1.165, 1.54) is 18.3 Å². The normalized spacial score (nSPS) is 11.4. The first-order valence-electron chi connectivity index (χ1n) is 7.61. The number of thioether (sulfide) groups is 1. The number of rotatable bonds is 8. The number of pyridine rings is 1. The number of hydrogen-bond donors (Lipinski definition) is 1. The monoisotopic (exact) mass is 407 g/mol. The van der Waals surface area contributed by atoms with Gasteiger partial charge in [-0.15, -0.1) is 0 Å². The lowest BCUT2D eigenvalue weighted by Gasteiger charge is -2.12. The third-order valence-corrected chi connectivity index (χ3v) is 4.39. The molecule has 0 unspecified atom stereocenters. The number of nitrogens with zero attached hydrogens (tertiary/aromatic N) is 1. The molecule has 0 aliphatic rings. The molecule has 2 aromatic rings. The summed E-state index contributed by atoms with van der Waals surface area (Å²) in [4.78, 5) is 14.4.